The summed E-state index contributed by atoms with van der Waals surface area (Å²) in [6.07, 6.45) is 0.736. The van der Waals surface area contributed by atoms with Crippen molar-refractivity contribution in [1.29, 1.82) is 0 Å². The quantitative estimate of drug-likeness (QED) is 0.397. The fourth-order valence-electron chi connectivity index (χ4n) is 7.89. The van der Waals surface area contributed by atoms with Gasteiger partial charge in [-0.2, -0.15) is 0 Å². The molecule has 1 spiro atoms. The molecule has 0 amide bonds. The average molecular weight is 472 g/mol. The number of carbonyl (C=O) groups is 1. The zero-order valence-electron chi connectivity index (χ0n) is 20.8. The summed E-state index contributed by atoms with van der Waals surface area (Å²) in [4.78, 5) is 13.2. The fourth-order valence-corrected chi connectivity index (χ4v) is 7.89. The highest BCUT2D eigenvalue weighted by atomic mass is 16.6. The van der Waals surface area contributed by atoms with E-state index in [2.05, 4.69) is 13.8 Å². The second-order valence-electron chi connectivity index (χ2n) is 11.8. The molecule has 2 bridgehead atoms. The van der Waals surface area contributed by atoms with E-state index in [0.717, 1.165) is 12.1 Å². The molecule has 1 aromatic rings. The lowest BCUT2D eigenvalue weighted by molar-refractivity contribution is -0.215. The Morgan fingerprint density at radius 1 is 1.24 bits per heavy atom. The number of hydrogen-bond donors (Lipinski definition) is 4. The number of hydrogen-bond acceptors (Lipinski definition) is 6. The third kappa shape index (κ3) is 2.70. The van der Waals surface area contributed by atoms with Crippen molar-refractivity contribution >= 4 is 5.97 Å². The zero-order chi connectivity index (χ0) is 25.0. The summed E-state index contributed by atoms with van der Waals surface area (Å²) in [5, 5.41) is 46.2. The number of nitrogens with zero attached hydrogens (tertiary/aromatic N) is 1. The number of ether oxygens (including phenoxy) is 1. The first-order valence-corrected chi connectivity index (χ1v) is 12.3. The van der Waals surface area contributed by atoms with Gasteiger partial charge in [0.1, 0.15) is 17.4 Å². The molecule has 4 aliphatic rings. The number of esters is 1. The number of rotatable bonds is 3. The molecular weight excluding hydrogens is 434 g/mol. The number of aryl methyl sites for hydroxylation is 1. The van der Waals surface area contributed by atoms with Crippen molar-refractivity contribution in [2.24, 2.45) is 41.5 Å². The molecule has 34 heavy (non-hydrogen) atoms. The first-order chi connectivity index (χ1) is 15.8. The van der Waals surface area contributed by atoms with Crippen LogP contribution >= 0.6 is 0 Å². The second kappa shape index (κ2) is 7.29. The Balaban J connectivity index is 1.64. The van der Waals surface area contributed by atoms with Crippen LogP contribution in [0.5, 0.6) is 0 Å². The topological polar surface area (TPSA) is 112 Å². The van der Waals surface area contributed by atoms with Crippen molar-refractivity contribution in [3.05, 3.63) is 46.8 Å². The lowest BCUT2D eigenvalue weighted by Gasteiger charge is -2.52. The van der Waals surface area contributed by atoms with Crippen molar-refractivity contribution in [1.82, 2.24) is 4.57 Å². The van der Waals surface area contributed by atoms with E-state index in [1.165, 1.54) is 0 Å². The molecule has 186 valence electrons. The number of aliphatic hydroxyl groups excluding tert-OH is 3. The highest BCUT2D eigenvalue weighted by Crippen LogP contribution is 2.72. The van der Waals surface area contributed by atoms with E-state index in [9.17, 15) is 25.2 Å². The lowest BCUT2D eigenvalue weighted by atomic mass is 9.58. The summed E-state index contributed by atoms with van der Waals surface area (Å²) < 4.78 is 7.66. The van der Waals surface area contributed by atoms with Gasteiger partial charge in [0, 0.05) is 18.7 Å². The SMILES string of the molecule is CC1=C[C@]23C(O)[C@@H](C=C(CO)[C@@H](O)[C@]2(O)[C@H]1OC(=O)c1ccc(C)n1C)[C@H]1[C@@H](C[C@H]3C)C1(C)C. The lowest BCUT2D eigenvalue weighted by Crippen LogP contribution is -2.66. The molecule has 4 N–H and O–H groups in total. The first kappa shape index (κ1) is 23.8. The maximum atomic E-state index is 13.2. The normalized spacial score (nSPS) is 44.2. The molecule has 5 rings (SSSR count). The zero-order valence-corrected chi connectivity index (χ0v) is 20.8. The minimum Gasteiger partial charge on any atom is -0.450 e. The summed E-state index contributed by atoms with van der Waals surface area (Å²) in [5.74, 6) is -0.587. The van der Waals surface area contributed by atoms with Crippen LogP contribution in [0.4, 0.5) is 0 Å². The molecule has 1 heterocycles. The Bertz CT molecular complexity index is 1100. The van der Waals surface area contributed by atoms with E-state index in [4.69, 9.17) is 4.74 Å². The Kier molecular flexibility index (Phi) is 5.10. The van der Waals surface area contributed by atoms with E-state index in [-0.39, 0.29) is 28.7 Å². The molecule has 9 atom stereocenters. The molecule has 1 unspecified atom stereocenters. The second-order valence-corrected chi connectivity index (χ2v) is 11.8. The van der Waals surface area contributed by atoms with Gasteiger partial charge in [0.05, 0.1) is 18.1 Å². The van der Waals surface area contributed by atoms with Crippen molar-refractivity contribution in [2.45, 2.75) is 65.0 Å². The maximum absolute atomic E-state index is 13.2. The van der Waals surface area contributed by atoms with E-state index in [0.29, 0.717) is 17.2 Å². The molecular formula is C27H37NO6. The number of fused-ring (bicyclic) bond motifs is 3. The van der Waals surface area contributed by atoms with Crippen molar-refractivity contribution in [3.63, 3.8) is 0 Å². The molecule has 0 saturated heterocycles. The van der Waals surface area contributed by atoms with Gasteiger partial charge in [-0.25, -0.2) is 4.79 Å². The monoisotopic (exact) mass is 471 g/mol. The predicted octanol–water partition coefficient (Wildman–Crippen LogP) is 2.12. The standard InChI is InChI=1S/C27H37NO6/c1-13-11-26-14(2)9-18-20(25(18,4)5)17(22(26)31)10-16(12-29)21(30)27(26,33)23(13)34-24(32)19-8-7-15(3)28(19)6/h7-8,10-11,14,17-18,20-23,29-31,33H,9,12H2,1-6H3/t14-,17+,18-,20+,21-,22?,23+,26+,27+/m1/s1. The molecule has 0 radical (unpaired) electrons. The van der Waals surface area contributed by atoms with Gasteiger partial charge >= 0.3 is 5.97 Å². The van der Waals surface area contributed by atoms with Gasteiger partial charge in [0.15, 0.2) is 6.10 Å². The highest BCUT2D eigenvalue weighted by molar-refractivity contribution is 5.88. The van der Waals surface area contributed by atoms with Crippen LogP contribution in [0.1, 0.15) is 50.3 Å². The largest absolute Gasteiger partial charge is 0.450 e. The molecule has 0 aromatic carbocycles. The van der Waals surface area contributed by atoms with Gasteiger partial charge < -0.3 is 29.7 Å². The van der Waals surface area contributed by atoms with E-state index < -0.39 is 41.9 Å². The molecule has 0 aliphatic heterocycles. The third-order valence-electron chi connectivity index (χ3n) is 9.97. The van der Waals surface area contributed by atoms with Crippen LogP contribution in [0.15, 0.2) is 35.4 Å². The van der Waals surface area contributed by atoms with Gasteiger partial charge in [0.2, 0.25) is 0 Å². The van der Waals surface area contributed by atoms with Crippen LogP contribution in [0.3, 0.4) is 0 Å². The van der Waals surface area contributed by atoms with Crippen molar-refractivity contribution in [3.8, 4) is 0 Å². The molecule has 1 aromatic heterocycles. The van der Waals surface area contributed by atoms with E-state index >= 15 is 0 Å². The van der Waals surface area contributed by atoms with Crippen LogP contribution in [0.25, 0.3) is 0 Å². The molecule has 4 aliphatic carbocycles. The third-order valence-corrected chi connectivity index (χ3v) is 9.97. The molecule has 7 heteroatoms. The molecule has 7 nitrogen and oxygen atoms in total. The first-order valence-electron chi connectivity index (χ1n) is 12.3. The average Bonchev–Trinajstić information content (AvgIpc) is 3.06. The van der Waals surface area contributed by atoms with Crippen LogP contribution in [0.2, 0.25) is 0 Å². The number of carbonyl (C=O) groups excluding carboxylic acids is 1. The Hall–Kier alpha value is -1.93. The summed E-state index contributed by atoms with van der Waals surface area (Å²) in [5.41, 5.74) is -1.13. The summed E-state index contributed by atoms with van der Waals surface area (Å²) in [6.45, 7) is 9.60. The number of aromatic nitrogens is 1. The fraction of sp³-hybridized carbons (Fsp3) is 0.667. The number of aliphatic hydroxyl groups is 4. The summed E-state index contributed by atoms with van der Waals surface area (Å²) in [7, 11) is 1.77. The maximum Gasteiger partial charge on any atom is 0.355 e. The van der Waals surface area contributed by atoms with Gasteiger partial charge in [-0.05, 0) is 66.7 Å². The van der Waals surface area contributed by atoms with Crippen LogP contribution in [-0.2, 0) is 11.8 Å². The minimum absolute atomic E-state index is 0.0274. The van der Waals surface area contributed by atoms with Crippen LogP contribution in [-0.4, -0.2) is 61.5 Å². The van der Waals surface area contributed by atoms with Gasteiger partial charge in [-0.15, -0.1) is 0 Å². The highest BCUT2D eigenvalue weighted by Gasteiger charge is 2.76. The Morgan fingerprint density at radius 3 is 2.50 bits per heavy atom. The minimum atomic E-state index is -2.02. The van der Waals surface area contributed by atoms with Crippen LogP contribution < -0.4 is 0 Å². The Labute approximate surface area is 200 Å². The Morgan fingerprint density at radius 2 is 1.91 bits per heavy atom. The summed E-state index contributed by atoms with van der Waals surface area (Å²) in [6, 6.07) is 3.48. The van der Waals surface area contributed by atoms with Crippen molar-refractivity contribution in [2.75, 3.05) is 6.61 Å². The van der Waals surface area contributed by atoms with Gasteiger partial charge in [0.25, 0.3) is 0 Å². The van der Waals surface area contributed by atoms with E-state index in [1.54, 1.807) is 30.7 Å². The van der Waals surface area contributed by atoms with Crippen LogP contribution in [0, 0.1) is 41.4 Å². The smallest absolute Gasteiger partial charge is 0.355 e. The molecule has 2 saturated carbocycles. The van der Waals surface area contributed by atoms with E-state index in [1.807, 2.05) is 26.0 Å². The van der Waals surface area contributed by atoms with Gasteiger partial charge in [-0.1, -0.05) is 32.9 Å². The van der Waals surface area contributed by atoms with Crippen molar-refractivity contribution < 1.29 is 30.0 Å². The van der Waals surface area contributed by atoms with Gasteiger partial charge in [-0.3, -0.25) is 0 Å². The molecule has 2 fully saturated rings. The summed E-state index contributed by atoms with van der Waals surface area (Å²) >= 11 is 0. The predicted molar refractivity (Wildman–Crippen MR) is 126 cm³/mol.